The molecule has 0 amide bonds. The van der Waals surface area contributed by atoms with Gasteiger partial charge in [0.2, 0.25) is 0 Å². The van der Waals surface area contributed by atoms with Crippen LogP contribution < -0.4 is 19.8 Å². The summed E-state index contributed by atoms with van der Waals surface area (Å²) >= 11 is 0. The van der Waals surface area contributed by atoms with Crippen LogP contribution in [0.5, 0.6) is 23.0 Å². The summed E-state index contributed by atoms with van der Waals surface area (Å²) in [7, 11) is 1.50. The Hall–Kier alpha value is -3.15. The molecule has 1 aromatic heterocycles. The molecule has 0 bridgehead atoms. The highest BCUT2D eigenvalue weighted by molar-refractivity contribution is 5.80. The minimum Gasteiger partial charge on any atom is -0.504 e. The van der Waals surface area contributed by atoms with Crippen LogP contribution in [0.3, 0.4) is 0 Å². The van der Waals surface area contributed by atoms with Crippen molar-refractivity contribution in [2.24, 2.45) is 0 Å². The zero-order valence-corrected chi connectivity index (χ0v) is 13.7. The highest BCUT2D eigenvalue weighted by Gasteiger charge is 2.31. The van der Waals surface area contributed by atoms with E-state index in [2.05, 4.69) is 0 Å². The van der Waals surface area contributed by atoms with Crippen molar-refractivity contribution in [2.75, 3.05) is 7.11 Å². The molecule has 25 heavy (non-hydrogen) atoms. The van der Waals surface area contributed by atoms with Crippen LogP contribution in [0.4, 0.5) is 0 Å². The number of ether oxygens (including phenoxy) is 3. The van der Waals surface area contributed by atoms with E-state index in [0.717, 1.165) is 10.9 Å². The molecule has 1 aliphatic rings. The highest BCUT2D eigenvalue weighted by atomic mass is 16.6. The van der Waals surface area contributed by atoms with Crippen molar-refractivity contribution in [3.05, 3.63) is 58.4 Å². The minimum atomic E-state index is -0.413. The molecular formula is C19H16O6. The molecular weight excluding hydrogens is 324 g/mol. The molecule has 2 atom stereocenters. The Morgan fingerprint density at radius 1 is 1.04 bits per heavy atom. The summed E-state index contributed by atoms with van der Waals surface area (Å²) in [6.07, 6.45) is -0.689. The van der Waals surface area contributed by atoms with Gasteiger partial charge in [-0.1, -0.05) is 6.07 Å². The standard InChI is InChI=1S/C19H16O6/c1-10-19(12-3-5-14(22-2)13(20)7-12)25-16-8-11-4-6-18(21)24-15(11)9-17(16)23-10/h3-10,19-20H,1-2H3/t10-,19+/m0/s1. The molecule has 0 saturated heterocycles. The SMILES string of the molecule is COc1ccc([C@@H]2Oc3cc4ccc(=O)oc4cc3O[C@H]2C)cc1O. The van der Waals surface area contributed by atoms with Crippen molar-refractivity contribution < 1.29 is 23.7 Å². The van der Waals surface area contributed by atoms with Crippen LogP contribution in [0.1, 0.15) is 18.6 Å². The van der Waals surface area contributed by atoms with Crippen LogP contribution in [0.25, 0.3) is 11.0 Å². The number of hydrogen-bond acceptors (Lipinski definition) is 6. The molecule has 0 fully saturated rings. The van der Waals surface area contributed by atoms with E-state index >= 15 is 0 Å². The average molecular weight is 340 g/mol. The van der Waals surface area contributed by atoms with Gasteiger partial charge in [-0.2, -0.15) is 0 Å². The molecule has 0 unspecified atom stereocenters. The van der Waals surface area contributed by atoms with Gasteiger partial charge in [0.15, 0.2) is 29.1 Å². The molecule has 128 valence electrons. The Balaban J connectivity index is 1.74. The van der Waals surface area contributed by atoms with Crippen molar-refractivity contribution >= 4 is 11.0 Å². The van der Waals surface area contributed by atoms with Crippen LogP contribution in [0.2, 0.25) is 0 Å². The van der Waals surface area contributed by atoms with Gasteiger partial charge in [-0.15, -0.1) is 0 Å². The Morgan fingerprint density at radius 3 is 2.60 bits per heavy atom. The van der Waals surface area contributed by atoms with Gasteiger partial charge >= 0.3 is 5.63 Å². The summed E-state index contributed by atoms with van der Waals surface area (Å²) in [5.41, 5.74) is 0.808. The van der Waals surface area contributed by atoms with Crippen molar-refractivity contribution in [1.29, 1.82) is 0 Å². The van der Waals surface area contributed by atoms with Gasteiger partial charge in [-0.25, -0.2) is 4.79 Å². The predicted octanol–water partition coefficient (Wildman–Crippen LogP) is 3.41. The van der Waals surface area contributed by atoms with Crippen molar-refractivity contribution in [3.63, 3.8) is 0 Å². The van der Waals surface area contributed by atoms with E-state index in [4.69, 9.17) is 18.6 Å². The number of benzene rings is 2. The normalized spacial score (nSPS) is 19.0. The molecule has 0 saturated carbocycles. The number of phenols is 1. The second-order valence-electron chi connectivity index (χ2n) is 5.88. The van der Waals surface area contributed by atoms with E-state index < -0.39 is 11.7 Å². The lowest BCUT2D eigenvalue weighted by molar-refractivity contribution is 0.0307. The summed E-state index contributed by atoms with van der Waals surface area (Å²) < 4.78 is 22.3. The molecule has 0 spiro atoms. The molecule has 6 nitrogen and oxygen atoms in total. The largest absolute Gasteiger partial charge is 0.504 e. The molecule has 0 radical (unpaired) electrons. The number of rotatable bonds is 2. The van der Waals surface area contributed by atoms with Crippen LogP contribution in [-0.2, 0) is 0 Å². The van der Waals surface area contributed by atoms with Gasteiger partial charge in [0, 0.05) is 23.1 Å². The van der Waals surface area contributed by atoms with Crippen molar-refractivity contribution in [2.45, 2.75) is 19.1 Å². The maximum Gasteiger partial charge on any atom is 0.336 e. The Labute approximate surface area is 143 Å². The summed E-state index contributed by atoms with van der Waals surface area (Å²) in [6, 6.07) is 11.6. The molecule has 2 aromatic carbocycles. The van der Waals surface area contributed by atoms with Gasteiger partial charge in [-0.05, 0) is 31.2 Å². The topological polar surface area (TPSA) is 78.1 Å². The number of fused-ring (bicyclic) bond motifs is 2. The second-order valence-corrected chi connectivity index (χ2v) is 5.88. The Bertz CT molecular complexity index is 1010. The number of methoxy groups -OCH3 is 1. The monoisotopic (exact) mass is 340 g/mol. The zero-order valence-electron chi connectivity index (χ0n) is 13.7. The van der Waals surface area contributed by atoms with Gasteiger partial charge in [0.1, 0.15) is 11.7 Å². The van der Waals surface area contributed by atoms with Gasteiger partial charge in [0.05, 0.1) is 7.11 Å². The molecule has 3 aromatic rings. The third-order valence-corrected chi connectivity index (χ3v) is 4.21. The third-order valence-electron chi connectivity index (χ3n) is 4.21. The highest BCUT2D eigenvalue weighted by Crippen LogP contribution is 2.42. The van der Waals surface area contributed by atoms with Crippen LogP contribution in [0.15, 0.2) is 51.7 Å². The van der Waals surface area contributed by atoms with E-state index in [9.17, 15) is 9.90 Å². The lowest BCUT2D eigenvalue weighted by Gasteiger charge is -2.32. The van der Waals surface area contributed by atoms with E-state index in [1.54, 1.807) is 30.3 Å². The second kappa shape index (κ2) is 5.73. The van der Waals surface area contributed by atoms with Crippen molar-refractivity contribution in [3.8, 4) is 23.0 Å². The number of phenolic OH excluding ortho intramolecular Hbond substituents is 1. The molecule has 1 aliphatic heterocycles. The van der Waals surface area contributed by atoms with Crippen LogP contribution in [-0.4, -0.2) is 18.3 Å². The molecule has 6 heteroatoms. The summed E-state index contributed by atoms with van der Waals surface area (Å²) in [6.45, 7) is 1.88. The summed E-state index contributed by atoms with van der Waals surface area (Å²) in [4.78, 5) is 11.4. The molecule has 4 rings (SSSR count). The van der Waals surface area contributed by atoms with Crippen molar-refractivity contribution in [1.82, 2.24) is 0 Å². The van der Waals surface area contributed by atoms with Gasteiger partial charge < -0.3 is 23.7 Å². The van der Waals surface area contributed by atoms with Crippen LogP contribution in [0, 0.1) is 0 Å². The van der Waals surface area contributed by atoms with E-state index in [1.165, 1.54) is 13.2 Å². The Morgan fingerprint density at radius 2 is 1.84 bits per heavy atom. The molecule has 2 heterocycles. The van der Waals surface area contributed by atoms with Gasteiger partial charge in [-0.3, -0.25) is 0 Å². The lowest BCUT2D eigenvalue weighted by Crippen LogP contribution is -2.30. The Kier molecular flexibility index (Phi) is 3.53. The maximum atomic E-state index is 11.4. The first-order valence-electron chi connectivity index (χ1n) is 7.83. The quantitative estimate of drug-likeness (QED) is 0.720. The maximum absolute atomic E-state index is 11.4. The predicted molar refractivity (Wildman–Crippen MR) is 90.6 cm³/mol. The van der Waals surface area contributed by atoms with E-state index in [0.29, 0.717) is 22.8 Å². The molecule has 1 N–H and O–H groups in total. The minimum absolute atomic E-state index is 0.0434. The van der Waals surface area contributed by atoms with E-state index in [1.807, 2.05) is 13.0 Å². The van der Waals surface area contributed by atoms with Crippen LogP contribution >= 0.6 is 0 Å². The number of aromatic hydroxyl groups is 1. The summed E-state index contributed by atoms with van der Waals surface area (Å²) in [5, 5.41) is 10.8. The molecule has 0 aliphatic carbocycles. The smallest absolute Gasteiger partial charge is 0.336 e. The first kappa shape index (κ1) is 15.4. The third kappa shape index (κ3) is 2.65. The number of hydrogen-bond donors (Lipinski definition) is 1. The zero-order chi connectivity index (χ0) is 17.6. The lowest BCUT2D eigenvalue weighted by atomic mass is 10.0. The van der Waals surface area contributed by atoms with Gasteiger partial charge in [0.25, 0.3) is 0 Å². The fourth-order valence-electron chi connectivity index (χ4n) is 2.98. The summed E-state index contributed by atoms with van der Waals surface area (Å²) in [5.74, 6) is 1.51. The van der Waals surface area contributed by atoms with E-state index in [-0.39, 0.29) is 11.9 Å². The fraction of sp³-hybridized carbons (Fsp3) is 0.211. The average Bonchev–Trinajstić information content (AvgIpc) is 2.59. The first-order chi connectivity index (χ1) is 12.0. The fourth-order valence-corrected chi connectivity index (χ4v) is 2.98. The first-order valence-corrected chi connectivity index (χ1v) is 7.83.